The van der Waals surface area contributed by atoms with Gasteiger partial charge in [-0.2, -0.15) is 0 Å². The average Bonchev–Trinajstić information content (AvgIpc) is 1.88. The van der Waals surface area contributed by atoms with Crippen LogP contribution in [0, 0.1) is 12.3 Å². The van der Waals surface area contributed by atoms with Crippen molar-refractivity contribution in [3.63, 3.8) is 0 Å². The Labute approximate surface area is 69.0 Å². The number of rotatable bonds is 0. The van der Waals surface area contributed by atoms with E-state index >= 15 is 0 Å². The van der Waals surface area contributed by atoms with Crippen molar-refractivity contribution in [3.05, 3.63) is 28.0 Å². The minimum absolute atomic E-state index is 0.412. The molecule has 0 radical (unpaired) electrons. The predicted octanol–water partition coefficient (Wildman–Crippen LogP) is 2.37. The number of nitrogens with zero attached hydrogens (tertiary/aromatic N) is 1. The molecule has 0 aromatic carbocycles. The van der Waals surface area contributed by atoms with Gasteiger partial charge in [0.25, 0.3) is 0 Å². The molecule has 50 valence electrons. The van der Waals surface area contributed by atoms with Gasteiger partial charge in [0.15, 0.2) is 0 Å². The summed E-state index contributed by atoms with van der Waals surface area (Å²) in [6, 6.07) is 0. The van der Waals surface area contributed by atoms with E-state index in [4.69, 9.17) is 29.6 Å². The van der Waals surface area contributed by atoms with Gasteiger partial charge in [0.1, 0.15) is 0 Å². The molecule has 0 fully saturated rings. The third-order valence-electron chi connectivity index (χ3n) is 0.998. The molecule has 0 saturated carbocycles. The molecule has 0 unspecified atom stereocenters. The zero-order valence-corrected chi connectivity index (χ0v) is 6.45. The zero-order chi connectivity index (χ0) is 7.56. The fraction of sp³-hybridized carbons (Fsp3) is 0. The van der Waals surface area contributed by atoms with Gasteiger partial charge >= 0.3 is 0 Å². The van der Waals surface area contributed by atoms with Crippen molar-refractivity contribution in [1.29, 1.82) is 0 Å². The van der Waals surface area contributed by atoms with E-state index in [1.54, 1.807) is 0 Å². The highest BCUT2D eigenvalue weighted by molar-refractivity contribution is 6.36. The third kappa shape index (κ3) is 1.23. The van der Waals surface area contributed by atoms with Crippen LogP contribution in [0.15, 0.2) is 12.4 Å². The van der Waals surface area contributed by atoms with Crippen molar-refractivity contribution in [2.45, 2.75) is 0 Å². The SMILES string of the molecule is C#Cc1c(Cl)cncc1Cl. The first kappa shape index (κ1) is 7.40. The van der Waals surface area contributed by atoms with Gasteiger partial charge in [-0.05, 0) is 0 Å². The molecule has 0 amide bonds. The Morgan fingerprint density at radius 1 is 1.30 bits per heavy atom. The highest BCUT2D eigenvalue weighted by Crippen LogP contribution is 2.20. The normalized spacial score (nSPS) is 8.90. The second-order valence-corrected chi connectivity index (χ2v) is 2.44. The van der Waals surface area contributed by atoms with Gasteiger partial charge < -0.3 is 0 Å². The quantitative estimate of drug-likeness (QED) is 0.547. The van der Waals surface area contributed by atoms with E-state index in [2.05, 4.69) is 10.9 Å². The molecule has 1 aromatic rings. The van der Waals surface area contributed by atoms with Crippen molar-refractivity contribution in [2.24, 2.45) is 0 Å². The first-order valence-electron chi connectivity index (χ1n) is 2.51. The number of terminal acetylenes is 1. The lowest BCUT2D eigenvalue weighted by molar-refractivity contribution is 1.32. The van der Waals surface area contributed by atoms with Crippen LogP contribution in [0.1, 0.15) is 5.56 Å². The van der Waals surface area contributed by atoms with Gasteiger partial charge in [-0.15, -0.1) is 6.42 Å². The lowest BCUT2D eigenvalue weighted by Gasteiger charge is -1.95. The van der Waals surface area contributed by atoms with Crippen molar-refractivity contribution < 1.29 is 0 Å². The zero-order valence-electron chi connectivity index (χ0n) is 4.94. The van der Waals surface area contributed by atoms with Crippen molar-refractivity contribution in [2.75, 3.05) is 0 Å². The summed E-state index contributed by atoms with van der Waals surface area (Å²) < 4.78 is 0. The molecular formula is C7H3Cl2N. The lowest BCUT2D eigenvalue weighted by Crippen LogP contribution is -1.80. The predicted molar refractivity (Wildman–Crippen MR) is 42.2 cm³/mol. The standard InChI is InChI=1S/C7H3Cl2N/c1-2-5-6(8)3-10-4-7(5)9/h1,3-4H. The molecule has 0 spiro atoms. The Balaban J connectivity index is 3.34. The van der Waals surface area contributed by atoms with E-state index in [0.29, 0.717) is 15.6 Å². The molecule has 0 atom stereocenters. The minimum atomic E-state index is 0.412. The van der Waals surface area contributed by atoms with Gasteiger partial charge in [-0.1, -0.05) is 29.1 Å². The number of hydrogen-bond acceptors (Lipinski definition) is 1. The van der Waals surface area contributed by atoms with E-state index in [1.807, 2.05) is 0 Å². The van der Waals surface area contributed by atoms with Crippen LogP contribution in [0.2, 0.25) is 10.0 Å². The fourth-order valence-electron chi connectivity index (χ4n) is 0.549. The highest BCUT2D eigenvalue weighted by atomic mass is 35.5. The summed E-state index contributed by atoms with van der Waals surface area (Å²) in [5.41, 5.74) is 0.498. The van der Waals surface area contributed by atoms with Gasteiger partial charge in [-0.3, -0.25) is 4.98 Å². The molecule has 0 N–H and O–H groups in total. The van der Waals surface area contributed by atoms with Gasteiger partial charge in [0, 0.05) is 12.4 Å². The van der Waals surface area contributed by atoms with Crippen LogP contribution in [0.3, 0.4) is 0 Å². The molecule has 3 heteroatoms. The Morgan fingerprint density at radius 3 is 2.10 bits per heavy atom. The summed E-state index contributed by atoms with van der Waals surface area (Å²) in [6.07, 6.45) is 8.03. The average molecular weight is 172 g/mol. The monoisotopic (exact) mass is 171 g/mol. The third-order valence-corrected chi connectivity index (χ3v) is 1.57. The molecule has 0 saturated heterocycles. The Morgan fingerprint density at radius 2 is 1.80 bits per heavy atom. The van der Waals surface area contributed by atoms with Crippen LogP contribution in [0.4, 0.5) is 0 Å². The molecule has 0 aliphatic heterocycles. The van der Waals surface area contributed by atoms with E-state index in [1.165, 1.54) is 12.4 Å². The van der Waals surface area contributed by atoms with Crippen molar-refractivity contribution in [1.82, 2.24) is 4.98 Å². The van der Waals surface area contributed by atoms with E-state index in [0.717, 1.165) is 0 Å². The summed E-state index contributed by atoms with van der Waals surface area (Å²) in [7, 11) is 0. The Kier molecular flexibility index (Phi) is 2.16. The van der Waals surface area contributed by atoms with Crippen LogP contribution in [-0.4, -0.2) is 4.98 Å². The summed E-state index contributed by atoms with van der Waals surface area (Å²) in [5.74, 6) is 2.36. The Hall–Kier alpha value is -0.710. The number of hydrogen-bond donors (Lipinski definition) is 0. The second-order valence-electron chi connectivity index (χ2n) is 1.62. The fourth-order valence-corrected chi connectivity index (χ4v) is 1.02. The van der Waals surface area contributed by atoms with E-state index in [-0.39, 0.29) is 0 Å². The molecule has 0 bridgehead atoms. The van der Waals surface area contributed by atoms with Gasteiger partial charge in [0.2, 0.25) is 0 Å². The number of aromatic nitrogens is 1. The molecule has 0 aliphatic carbocycles. The second kappa shape index (κ2) is 2.92. The first-order valence-corrected chi connectivity index (χ1v) is 3.27. The van der Waals surface area contributed by atoms with Gasteiger partial charge in [-0.25, -0.2) is 0 Å². The molecule has 10 heavy (non-hydrogen) atoms. The number of halogens is 2. The van der Waals surface area contributed by atoms with Crippen LogP contribution in [0.25, 0.3) is 0 Å². The molecule has 1 aromatic heterocycles. The largest absolute Gasteiger partial charge is 0.262 e. The summed E-state index contributed by atoms with van der Waals surface area (Å²) in [5, 5.41) is 0.824. The van der Waals surface area contributed by atoms with Gasteiger partial charge in [0.05, 0.1) is 15.6 Å². The molecule has 0 aliphatic rings. The molecule has 1 heterocycles. The van der Waals surface area contributed by atoms with E-state index in [9.17, 15) is 0 Å². The van der Waals surface area contributed by atoms with Crippen molar-refractivity contribution in [3.8, 4) is 12.3 Å². The van der Waals surface area contributed by atoms with Crippen LogP contribution in [0.5, 0.6) is 0 Å². The summed E-state index contributed by atoms with van der Waals surface area (Å²) >= 11 is 11.3. The molecular weight excluding hydrogens is 169 g/mol. The minimum Gasteiger partial charge on any atom is -0.262 e. The lowest BCUT2D eigenvalue weighted by atomic mass is 10.3. The maximum atomic E-state index is 5.64. The first-order chi connectivity index (χ1) is 4.75. The summed E-state index contributed by atoms with van der Waals surface area (Å²) in [4.78, 5) is 3.73. The summed E-state index contributed by atoms with van der Waals surface area (Å²) in [6.45, 7) is 0. The smallest absolute Gasteiger partial charge is 0.0760 e. The highest BCUT2D eigenvalue weighted by Gasteiger charge is 2.00. The van der Waals surface area contributed by atoms with Crippen LogP contribution >= 0.6 is 23.2 Å². The van der Waals surface area contributed by atoms with Crippen LogP contribution < -0.4 is 0 Å². The van der Waals surface area contributed by atoms with Crippen LogP contribution in [-0.2, 0) is 0 Å². The van der Waals surface area contributed by atoms with E-state index < -0.39 is 0 Å². The maximum absolute atomic E-state index is 5.64. The molecule has 1 rings (SSSR count). The topological polar surface area (TPSA) is 12.9 Å². The number of pyridine rings is 1. The molecule has 1 nitrogen and oxygen atoms in total. The maximum Gasteiger partial charge on any atom is 0.0760 e. The Bertz CT molecular complexity index is 268. The van der Waals surface area contributed by atoms with Crippen molar-refractivity contribution >= 4 is 23.2 Å².